The third kappa shape index (κ3) is 5.55. The Bertz CT molecular complexity index is 1140. The molecule has 0 saturated carbocycles. The topological polar surface area (TPSA) is 78.8 Å². The molecule has 0 spiro atoms. The molecule has 7 heteroatoms. The van der Waals surface area contributed by atoms with E-state index in [1.807, 2.05) is 61.5 Å². The van der Waals surface area contributed by atoms with Crippen LogP contribution in [0.2, 0.25) is 0 Å². The number of aryl methyl sites for hydroxylation is 1. The zero-order chi connectivity index (χ0) is 21.6. The van der Waals surface area contributed by atoms with Crippen molar-refractivity contribution in [2.45, 2.75) is 13.5 Å². The number of carbonyl (C=O) groups excluding carboxylic acids is 1. The maximum Gasteiger partial charge on any atom is 0.273 e. The van der Waals surface area contributed by atoms with Crippen molar-refractivity contribution in [3.05, 3.63) is 101 Å². The van der Waals surface area contributed by atoms with Crippen LogP contribution in [0.5, 0.6) is 0 Å². The number of para-hydroxylation sites is 1. The van der Waals surface area contributed by atoms with Gasteiger partial charge in [-0.3, -0.25) is 9.10 Å². The summed E-state index contributed by atoms with van der Waals surface area (Å²) in [5.41, 5.74) is 5.79. The summed E-state index contributed by atoms with van der Waals surface area (Å²) < 4.78 is 26.2. The highest BCUT2D eigenvalue weighted by Crippen LogP contribution is 2.25. The van der Waals surface area contributed by atoms with Crippen molar-refractivity contribution in [1.29, 1.82) is 0 Å². The second kappa shape index (κ2) is 9.37. The summed E-state index contributed by atoms with van der Waals surface area (Å²) in [6, 6.07) is 23.5. The Balaban J connectivity index is 1.85. The lowest BCUT2D eigenvalue weighted by atomic mass is 10.1. The first kappa shape index (κ1) is 21.3. The number of nitrogens with zero attached hydrogens (tertiary/aromatic N) is 2. The molecule has 1 N–H and O–H groups in total. The van der Waals surface area contributed by atoms with E-state index in [2.05, 4.69) is 10.5 Å². The number of amides is 1. The zero-order valence-electron chi connectivity index (χ0n) is 16.8. The summed E-state index contributed by atoms with van der Waals surface area (Å²) in [6.45, 7) is 2.11. The van der Waals surface area contributed by atoms with Crippen LogP contribution in [0.15, 0.2) is 84.0 Å². The first-order chi connectivity index (χ1) is 14.3. The third-order valence-electron chi connectivity index (χ3n) is 4.44. The molecule has 3 aromatic carbocycles. The zero-order valence-corrected chi connectivity index (χ0v) is 17.6. The molecule has 0 saturated heterocycles. The number of rotatable bonds is 7. The lowest BCUT2D eigenvalue weighted by Gasteiger charge is -2.24. The minimum atomic E-state index is -3.62. The van der Waals surface area contributed by atoms with Gasteiger partial charge in [0, 0.05) is 0 Å². The Morgan fingerprint density at radius 3 is 2.27 bits per heavy atom. The third-order valence-corrected chi connectivity index (χ3v) is 5.57. The second-order valence-corrected chi connectivity index (χ2v) is 8.79. The Labute approximate surface area is 176 Å². The number of benzene rings is 3. The normalized spacial score (nSPS) is 11.4. The number of hydrogen-bond acceptors (Lipinski definition) is 4. The highest BCUT2D eigenvalue weighted by atomic mass is 32.2. The molecule has 0 heterocycles. The number of sulfonamides is 1. The molecule has 0 aliphatic heterocycles. The van der Waals surface area contributed by atoms with E-state index < -0.39 is 15.9 Å². The maximum absolute atomic E-state index is 12.7. The smallest absolute Gasteiger partial charge is 0.267 e. The molecule has 0 fully saturated rings. The standard InChI is InChI=1S/C23H23N3O3S/c1-18-12-14-19(15-13-18)16-24-25-23(27)21-10-6-7-11-22(21)26(30(2,28)29)17-20-8-4-3-5-9-20/h3-16H,17H2,1-2H3,(H,25,27)/b24-16+. The summed E-state index contributed by atoms with van der Waals surface area (Å²) in [5, 5.41) is 4.00. The van der Waals surface area contributed by atoms with Crippen LogP contribution < -0.4 is 9.73 Å². The van der Waals surface area contributed by atoms with Crippen LogP contribution in [-0.2, 0) is 16.6 Å². The van der Waals surface area contributed by atoms with Crippen LogP contribution in [0, 0.1) is 6.92 Å². The van der Waals surface area contributed by atoms with E-state index in [-0.39, 0.29) is 12.1 Å². The van der Waals surface area contributed by atoms with E-state index in [1.54, 1.807) is 24.3 Å². The Morgan fingerprint density at radius 1 is 0.967 bits per heavy atom. The van der Waals surface area contributed by atoms with Gasteiger partial charge in [0.05, 0.1) is 30.3 Å². The van der Waals surface area contributed by atoms with Crippen molar-refractivity contribution in [2.75, 3.05) is 10.6 Å². The number of hydrogen-bond donors (Lipinski definition) is 1. The number of carbonyl (C=O) groups is 1. The van der Waals surface area contributed by atoms with E-state index in [0.717, 1.165) is 22.9 Å². The molecule has 0 aliphatic rings. The first-order valence-electron chi connectivity index (χ1n) is 9.35. The summed E-state index contributed by atoms with van der Waals surface area (Å²) in [6.07, 6.45) is 2.67. The Hall–Kier alpha value is -3.45. The predicted molar refractivity (Wildman–Crippen MR) is 120 cm³/mol. The molecule has 0 atom stereocenters. The van der Waals surface area contributed by atoms with Crippen molar-refractivity contribution in [3.63, 3.8) is 0 Å². The van der Waals surface area contributed by atoms with Gasteiger partial charge in [-0.2, -0.15) is 5.10 Å². The SMILES string of the molecule is Cc1ccc(/C=N/NC(=O)c2ccccc2N(Cc2ccccc2)S(C)(=O)=O)cc1. The first-order valence-corrected chi connectivity index (χ1v) is 11.2. The molecule has 0 unspecified atom stereocenters. The Kier molecular flexibility index (Phi) is 6.64. The van der Waals surface area contributed by atoms with Gasteiger partial charge in [0.1, 0.15) is 0 Å². The van der Waals surface area contributed by atoms with Crippen LogP contribution in [0.3, 0.4) is 0 Å². The largest absolute Gasteiger partial charge is 0.273 e. The molecule has 0 aromatic heterocycles. The maximum atomic E-state index is 12.7. The van der Waals surface area contributed by atoms with Gasteiger partial charge < -0.3 is 0 Å². The van der Waals surface area contributed by atoms with Crippen molar-refractivity contribution >= 4 is 27.8 Å². The molecule has 6 nitrogen and oxygen atoms in total. The molecule has 154 valence electrons. The predicted octanol–water partition coefficient (Wildman–Crippen LogP) is 3.73. The molecule has 0 aliphatic carbocycles. The van der Waals surface area contributed by atoms with Crippen LogP contribution in [0.1, 0.15) is 27.0 Å². The van der Waals surface area contributed by atoms with Gasteiger partial charge in [-0.05, 0) is 30.2 Å². The van der Waals surface area contributed by atoms with Gasteiger partial charge in [-0.25, -0.2) is 13.8 Å². The number of hydrazone groups is 1. The average Bonchev–Trinajstić information content (AvgIpc) is 2.73. The summed E-state index contributed by atoms with van der Waals surface area (Å²) in [7, 11) is -3.62. The lowest BCUT2D eigenvalue weighted by molar-refractivity contribution is 0.0956. The Morgan fingerprint density at radius 2 is 1.60 bits per heavy atom. The van der Waals surface area contributed by atoms with Crippen molar-refractivity contribution in [2.24, 2.45) is 5.10 Å². The highest BCUT2D eigenvalue weighted by Gasteiger charge is 2.23. The van der Waals surface area contributed by atoms with Gasteiger partial charge in [0.15, 0.2) is 0 Å². The van der Waals surface area contributed by atoms with Crippen LogP contribution in [0.4, 0.5) is 5.69 Å². The van der Waals surface area contributed by atoms with Crippen LogP contribution in [0.25, 0.3) is 0 Å². The molecule has 30 heavy (non-hydrogen) atoms. The van der Waals surface area contributed by atoms with Crippen LogP contribution in [-0.4, -0.2) is 26.8 Å². The van der Waals surface area contributed by atoms with E-state index >= 15 is 0 Å². The molecule has 1 amide bonds. The number of nitrogens with one attached hydrogen (secondary N) is 1. The number of anilines is 1. The van der Waals surface area contributed by atoms with Crippen molar-refractivity contribution in [1.82, 2.24) is 5.43 Å². The quantitative estimate of drug-likeness (QED) is 0.466. The van der Waals surface area contributed by atoms with Gasteiger partial charge in [0.2, 0.25) is 10.0 Å². The second-order valence-electron chi connectivity index (χ2n) is 6.88. The highest BCUT2D eigenvalue weighted by molar-refractivity contribution is 7.92. The molecule has 3 aromatic rings. The molecule has 0 bridgehead atoms. The van der Waals surface area contributed by atoms with Crippen molar-refractivity contribution in [3.8, 4) is 0 Å². The van der Waals surface area contributed by atoms with E-state index in [4.69, 9.17) is 0 Å². The molecular weight excluding hydrogens is 398 g/mol. The average molecular weight is 422 g/mol. The minimum Gasteiger partial charge on any atom is -0.267 e. The monoisotopic (exact) mass is 421 g/mol. The molecule has 3 rings (SSSR count). The summed E-state index contributed by atoms with van der Waals surface area (Å²) in [5.74, 6) is -0.490. The van der Waals surface area contributed by atoms with Gasteiger partial charge in [-0.1, -0.05) is 72.3 Å². The summed E-state index contributed by atoms with van der Waals surface area (Å²) in [4.78, 5) is 12.7. The fourth-order valence-corrected chi connectivity index (χ4v) is 3.79. The fraction of sp³-hybridized carbons (Fsp3) is 0.130. The van der Waals surface area contributed by atoms with E-state index in [0.29, 0.717) is 5.69 Å². The van der Waals surface area contributed by atoms with Crippen molar-refractivity contribution < 1.29 is 13.2 Å². The van der Waals surface area contributed by atoms with Crippen LogP contribution >= 0.6 is 0 Å². The lowest BCUT2D eigenvalue weighted by Crippen LogP contribution is -2.32. The molecule has 0 radical (unpaired) electrons. The van der Waals surface area contributed by atoms with E-state index in [1.165, 1.54) is 10.5 Å². The van der Waals surface area contributed by atoms with E-state index in [9.17, 15) is 13.2 Å². The minimum absolute atomic E-state index is 0.122. The fourth-order valence-electron chi connectivity index (χ4n) is 2.89. The van der Waals surface area contributed by atoms with Gasteiger partial charge in [-0.15, -0.1) is 0 Å². The summed E-state index contributed by atoms with van der Waals surface area (Å²) >= 11 is 0. The van der Waals surface area contributed by atoms with Gasteiger partial charge >= 0.3 is 0 Å². The van der Waals surface area contributed by atoms with Gasteiger partial charge in [0.25, 0.3) is 5.91 Å². The molecular formula is C23H23N3O3S.